The van der Waals surface area contributed by atoms with Crippen molar-refractivity contribution >= 4 is 11.7 Å². The van der Waals surface area contributed by atoms with E-state index in [1.807, 2.05) is 0 Å². The minimum atomic E-state index is -1.21. The van der Waals surface area contributed by atoms with E-state index in [2.05, 4.69) is 5.32 Å². The van der Waals surface area contributed by atoms with Gasteiger partial charge in [0.1, 0.15) is 29.7 Å². The van der Waals surface area contributed by atoms with E-state index < -0.39 is 11.5 Å². The van der Waals surface area contributed by atoms with Crippen molar-refractivity contribution in [2.45, 2.75) is 0 Å². The number of hydrogen-bond acceptors (Lipinski definition) is 6. The van der Waals surface area contributed by atoms with Crippen molar-refractivity contribution in [3.8, 4) is 35.1 Å². The second kappa shape index (κ2) is 8.01. The highest BCUT2D eigenvalue weighted by atomic mass is 16.5. The quantitative estimate of drug-likeness (QED) is 0.796. The maximum atomic E-state index is 11.4. The SMILES string of the molecule is COc1ccc(-c2ccc(C(=O)O)c(NC(C#N)=C(C#N)C#N)c2)cc1. The number of methoxy groups -OCH3 is 1. The first-order valence-electron chi connectivity index (χ1n) is 7.27. The number of carboxylic acids is 1. The Morgan fingerprint density at radius 3 is 2.12 bits per heavy atom. The van der Waals surface area contributed by atoms with Gasteiger partial charge in [-0.2, -0.15) is 15.8 Å². The molecule has 2 rings (SSSR count). The van der Waals surface area contributed by atoms with E-state index in [0.29, 0.717) is 11.3 Å². The van der Waals surface area contributed by atoms with E-state index >= 15 is 0 Å². The molecule has 26 heavy (non-hydrogen) atoms. The lowest BCUT2D eigenvalue weighted by Gasteiger charge is -2.11. The van der Waals surface area contributed by atoms with Crippen molar-refractivity contribution in [2.24, 2.45) is 0 Å². The number of ether oxygens (including phenoxy) is 1. The molecule has 2 aromatic carbocycles. The Morgan fingerprint density at radius 2 is 1.62 bits per heavy atom. The van der Waals surface area contributed by atoms with Gasteiger partial charge in [0.15, 0.2) is 5.57 Å². The van der Waals surface area contributed by atoms with Crippen LogP contribution >= 0.6 is 0 Å². The Balaban J connectivity index is 2.55. The zero-order chi connectivity index (χ0) is 19.1. The summed E-state index contributed by atoms with van der Waals surface area (Å²) < 4.78 is 5.10. The van der Waals surface area contributed by atoms with Crippen LogP contribution in [0.15, 0.2) is 53.7 Å². The van der Waals surface area contributed by atoms with E-state index in [9.17, 15) is 9.90 Å². The molecule has 0 saturated heterocycles. The minimum absolute atomic E-state index is 0.0924. The molecule has 7 nitrogen and oxygen atoms in total. The third-order valence-electron chi connectivity index (χ3n) is 3.52. The highest BCUT2D eigenvalue weighted by Crippen LogP contribution is 2.28. The number of carboxylic acid groups (broad SMARTS) is 1. The van der Waals surface area contributed by atoms with Crippen LogP contribution < -0.4 is 10.1 Å². The molecule has 7 heteroatoms. The van der Waals surface area contributed by atoms with Crippen LogP contribution in [0.5, 0.6) is 5.75 Å². The van der Waals surface area contributed by atoms with Crippen LogP contribution in [0.2, 0.25) is 0 Å². The van der Waals surface area contributed by atoms with Gasteiger partial charge in [0.25, 0.3) is 0 Å². The van der Waals surface area contributed by atoms with E-state index in [1.165, 1.54) is 12.1 Å². The topological polar surface area (TPSA) is 130 Å². The Bertz CT molecular complexity index is 987. The average Bonchev–Trinajstić information content (AvgIpc) is 2.67. The molecule has 0 saturated carbocycles. The van der Waals surface area contributed by atoms with Crippen LogP contribution in [0.25, 0.3) is 11.1 Å². The summed E-state index contributed by atoms with van der Waals surface area (Å²) in [5.41, 5.74) is 0.751. The number of nitrogens with zero attached hydrogens (tertiary/aromatic N) is 3. The van der Waals surface area contributed by atoms with Crippen molar-refractivity contribution in [3.05, 3.63) is 59.3 Å². The van der Waals surface area contributed by atoms with Gasteiger partial charge in [-0.25, -0.2) is 4.79 Å². The molecule has 0 atom stereocenters. The molecule has 0 aromatic heterocycles. The fourth-order valence-electron chi connectivity index (χ4n) is 2.22. The largest absolute Gasteiger partial charge is 0.497 e. The number of anilines is 1. The summed E-state index contributed by atoms with van der Waals surface area (Å²) in [6.07, 6.45) is 0. The summed E-state index contributed by atoms with van der Waals surface area (Å²) in [6, 6.07) is 16.6. The Kier molecular flexibility index (Phi) is 5.56. The first-order chi connectivity index (χ1) is 12.5. The predicted octanol–water partition coefficient (Wildman–Crippen LogP) is 3.30. The fourth-order valence-corrected chi connectivity index (χ4v) is 2.22. The highest BCUT2D eigenvalue weighted by molar-refractivity contribution is 5.96. The van der Waals surface area contributed by atoms with Crippen LogP contribution in [0.4, 0.5) is 5.69 Å². The Morgan fingerprint density at radius 1 is 1.00 bits per heavy atom. The molecule has 126 valence electrons. The van der Waals surface area contributed by atoms with Crippen LogP contribution in [0.1, 0.15) is 10.4 Å². The zero-order valence-corrected chi connectivity index (χ0v) is 13.6. The average molecular weight is 344 g/mol. The molecule has 0 aliphatic heterocycles. The van der Waals surface area contributed by atoms with Gasteiger partial charge < -0.3 is 15.2 Å². The van der Waals surface area contributed by atoms with E-state index in [1.54, 1.807) is 55.6 Å². The molecule has 2 N–H and O–H groups in total. The summed E-state index contributed by atoms with van der Waals surface area (Å²) in [4.78, 5) is 11.4. The molecule has 0 heterocycles. The third kappa shape index (κ3) is 3.79. The van der Waals surface area contributed by atoms with Crippen LogP contribution in [0.3, 0.4) is 0 Å². The molecule has 2 aromatic rings. The van der Waals surface area contributed by atoms with Crippen molar-refractivity contribution < 1.29 is 14.6 Å². The second-order valence-electron chi connectivity index (χ2n) is 5.00. The van der Waals surface area contributed by atoms with Gasteiger partial charge >= 0.3 is 5.97 Å². The second-order valence-corrected chi connectivity index (χ2v) is 5.00. The Labute approximate surface area is 149 Å². The molecular weight excluding hydrogens is 332 g/mol. The maximum absolute atomic E-state index is 11.4. The molecule has 0 amide bonds. The minimum Gasteiger partial charge on any atom is -0.497 e. The lowest BCUT2D eigenvalue weighted by Crippen LogP contribution is -2.07. The molecule has 0 fully saturated rings. The van der Waals surface area contributed by atoms with Crippen molar-refractivity contribution in [1.82, 2.24) is 0 Å². The summed E-state index contributed by atoms with van der Waals surface area (Å²) >= 11 is 0. The third-order valence-corrected chi connectivity index (χ3v) is 3.52. The molecule has 0 bridgehead atoms. The number of carbonyl (C=O) groups is 1. The number of nitriles is 3. The van der Waals surface area contributed by atoms with Crippen LogP contribution in [-0.2, 0) is 0 Å². The number of nitrogens with one attached hydrogen (secondary N) is 1. The summed E-state index contributed by atoms with van der Waals surface area (Å²) in [7, 11) is 1.55. The monoisotopic (exact) mass is 344 g/mol. The smallest absolute Gasteiger partial charge is 0.337 e. The molecule has 0 aliphatic rings. The zero-order valence-electron chi connectivity index (χ0n) is 13.6. The first kappa shape index (κ1) is 18.1. The standard InChI is InChI=1S/C19H12N4O3/c1-26-15-5-2-12(3-6-15)13-4-7-16(19(24)25)17(8-13)23-18(11-22)14(9-20)10-21/h2-8,23H,1H3,(H,24,25). The fraction of sp³-hybridized carbons (Fsp3) is 0.0526. The van der Waals surface area contributed by atoms with Gasteiger partial charge in [-0.15, -0.1) is 0 Å². The number of allylic oxidation sites excluding steroid dienone is 2. The maximum Gasteiger partial charge on any atom is 0.337 e. The first-order valence-corrected chi connectivity index (χ1v) is 7.27. The molecular formula is C19H12N4O3. The molecule has 0 radical (unpaired) electrons. The van der Waals surface area contributed by atoms with Crippen LogP contribution in [0, 0.1) is 34.0 Å². The molecule has 0 unspecified atom stereocenters. The van der Waals surface area contributed by atoms with E-state index in [-0.39, 0.29) is 16.9 Å². The van der Waals surface area contributed by atoms with Crippen LogP contribution in [-0.4, -0.2) is 18.2 Å². The van der Waals surface area contributed by atoms with Gasteiger partial charge in [0.2, 0.25) is 0 Å². The lowest BCUT2D eigenvalue weighted by molar-refractivity contribution is 0.0698. The molecule has 0 spiro atoms. The molecule has 0 aliphatic carbocycles. The summed E-state index contributed by atoms with van der Waals surface area (Å²) in [6.45, 7) is 0. The number of rotatable bonds is 5. The number of benzene rings is 2. The van der Waals surface area contributed by atoms with Gasteiger partial charge in [-0.05, 0) is 35.4 Å². The summed E-state index contributed by atoms with van der Waals surface area (Å²) in [5.74, 6) is -0.529. The normalized spacial score (nSPS) is 9.15. The van der Waals surface area contributed by atoms with E-state index in [0.717, 1.165) is 5.56 Å². The van der Waals surface area contributed by atoms with Gasteiger partial charge in [-0.1, -0.05) is 18.2 Å². The number of hydrogen-bond donors (Lipinski definition) is 2. The van der Waals surface area contributed by atoms with E-state index in [4.69, 9.17) is 20.5 Å². The number of aromatic carboxylic acids is 1. The highest BCUT2D eigenvalue weighted by Gasteiger charge is 2.15. The van der Waals surface area contributed by atoms with Gasteiger partial charge in [0, 0.05) is 0 Å². The summed E-state index contributed by atoms with van der Waals surface area (Å²) in [5, 5.41) is 38.9. The Hall–Kier alpha value is -4.28. The van der Waals surface area contributed by atoms with Crippen molar-refractivity contribution in [2.75, 3.05) is 12.4 Å². The predicted molar refractivity (Wildman–Crippen MR) is 92.9 cm³/mol. The van der Waals surface area contributed by atoms with Gasteiger partial charge in [0.05, 0.1) is 18.4 Å². The van der Waals surface area contributed by atoms with Crippen molar-refractivity contribution in [3.63, 3.8) is 0 Å². The lowest BCUT2D eigenvalue weighted by atomic mass is 10.0. The van der Waals surface area contributed by atoms with Gasteiger partial charge in [-0.3, -0.25) is 0 Å². The van der Waals surface area contributed by atoms with Crippen molar-refractivity contribution in [1.29, 1.82) is 15.8 Å².